The van der Waals surface area contributed by atoms with E-state index in [1.807, 2.05) is 30.3 Å². The summed E-state index contributed by atoms with van der Waals surface area (Å²) in [6, 6.07) is 14.6. The summed E-state index contributed by atoms with van der Waals surface area (Å²) in [5.74, 6) is 0.408. The molecule has 0 aromatic heterocycles. The van der Waals surface area contributed by atoms with Crippen LogP contribution in [0.4, 0.5) is 5.69 Å². The lowest BCUT2D eigenvalue weighted by Crippen LogP contribution is -2.08. The average molecular weight is 281 g/mol. The van der Waals surface area contributed by atoms with Gasteiger partial charge in [-0.3, -0.25) is 4.79 Å². The smallest absolute Gasteiger partial charge is 0.248 e. The molecular formula is C18H19NO2. The number of amides is 1. The molecule has 21 heavy (non-hydrogen) atoms. The Morgan fingerprint density at radius 2 is 1.90 bits per heavy atom. The van der Waals surface area contributed by atoms with Gasteiger partial charge in [0.05, 0.1) is 0 Å². The average Bonchev–Trinajstić information content (AvgIpc) is 2.45. The maximum absolute atomic E-state index is 11.9. The second-order valence-electron chi connectivity index (χ2n) is 5.20. The number of nitrogens with one attached hydrogen (secondary N) is 1. The van der Waals surface area contributed by atoms with Crippen LogP contribution in [-0.2, 0) is 4.79 Å². The molecule has 2 aromatic carbocycles. The van der Waals surface area contributed by atoms with Crippen LogP contribution in [0.5, 0.6) is 5.75 Å². The maximum atomic E-state index is 11.9. The molecule has 0 fully saturated rings. The molecule has 0 heterocycles. The predicted octanol–water partition coefficient (Wildman–Crippen LogP) is 4.17. The van der Waals surface area contributed by atoms with Gasteiger partial charge in [-0.25, -0.2) is 0 Å². The van der Waals surface area contributed by atoms with Crippen molar-refractivity contribution < 1.29 is 9.90 Å². The zero-order chi connectivity index (χ0) is 15.2. The summed E-state index contributed by atoms with van der Waals surface area (Å²) >= 11 is 0. The zero-order valence-corrected chi connectivity index (χ0v) is 12.2. The summed E-state index contributed by atoms with van der Waals surface area (Å²) in [5, 5.41) is 12.2. The first-order valence-electron chi connectivity index (χ1n) is 6.92. The number of anilines is 1. The van der Waals surface area contributed by atoms with Crippen molar-refractivity contribution in [2.45, 2.75) is 19.8 Å². The van der Waals surface area contributed by atoms with Crippen molar-refractivity contribution in [1.82, 2.24) is 0 Å². The molecule has 0 radical (unpaired) electrons. The first-order valence-corrected chi connectivity index (χ1v) is 6.92. The molecule has 0 saturated heterocycles. The molecular weight excluding hydrogens is 262 g/mol. The van der Waals surface area contributed by atoms with Crippen LogP contribution >= 0.6 is 0 Å². The van der Waals surface area contributed by atoms with E-state index in [9.17, 15) is 9.90 Å². The number of hydrogen-bond donors (Lipinski definition) is 2. The lowest BCUT2D eigenvalue weighted by molar-refractivity contribution is -0.111. The molecule has 3 heteroatoms. The summed E-state index contributed by atoms with van der Waals surface area (Å²) < 4.78 is 0. The topological polar surface area (TPSA) is 49.3 Å². The fourth-order valence-electron chi connectivity index (χ4n) is 1.96. The van der Waals surface area contributed by atoms with Crippen LogP contribution in [0.3, 0.4) is 0 Å². The predicted molar refractivity (Wildman–Crippen MR) is 86.3 cm³/mol. The lowest BCUT2D eigenvalue weighted by Gasteiger charge is -2.08. The molecule has 0 aliphatic rings. The van der Waals surface area contributed by atoms with E-state index < -0.39 is 0 Å². The van der Waals surface area contributed by atoms with Crippen molar-refractivity contribution in [2.75, 3.05) is 5.32 Å². The van der Waals surface area contributed by atoms with Gasteiger partial charge in [0, 0.05) is 11.8 Å². The van der Waals surface area contributed by atoms with Gasteiger partial charge in [0.1, 0.15) is 5.75 Å². The highest BCUT2D eigenvalue weighted by molar-refractivity contribution is 6.01. The number of rotatable bonds is 4. The molecule has 0 unspecified atom stereocenters. The van der Waals surface area contributed by atoms with Crippen LogP contribution in [0.2, 0.25) is 0 Å². The van der Waals surface area contributed by atoms with Gasteiger partial charge in [-0.15, -0.1) is 0 Å². The standard InChI is InChI=1S/C18H19NO2/c1-13(2)15-6-4-7-16(12-15)19-18(21)10-9-14-5-3-8-17(20)11-14/h3-13,20H,1-2H3,(H,19,21). The number of carbonyl (C=O) groups excluding carboxylic acids is 1. The fourth-order valence-corrected chi connectivity index (χ4v) is 1.96. The molecule has 0 spiro atoms. The molecule has 0 bridgehead atoms. The van der Waals surface area contributed by atoms with E-state index in [2.05, 4.69) is 19.2 Å². The van der Waals surface area contributed by atoms with Gasteiger partial charge < -0.3 is 10.4 Å². The van der Waals surface area contributed by atoms with Crippen LogP contribution in [0.25, 0.3) is 6.08 Å². The quantitative estimate of drug-likeness (QED) is 0.826. The first kappa shape index (κ1) is 14.9. The fraction of sp³-hybridized carbons (Fsp3) is 0.167. The highest BCUT2D eigenvalue weighted by atomic mass is 16.3. The SMILES string of the molecule is CC(C)c1cccc(NC(=O)C=Cc2cccc(O)c2)c1. The summed E-state index contributed by atoms with van der Waals surface area (Å²) in [6.07, 6.45) is 3.12. The van der Waals surface area contributed by atoms with E-state index in [0.717, 1.165) is 11.3 Å². The minimum absolute atomic E-state index is 0.183. The Bertz CT molecular complexity index is 660. The highest BCUT2D eigenvalue weighted by Crippen LogP contribution is 2.18. The normalized spacial score (nSPS) is 11.0. The van der Waals surface area contributed by atoms with E-state index in [-0.39, 0.29) is 11.7 Å². The largest absolute Gasteiger partial charge is 0.508 e. The monoisotopic (exact) mass is 281 g/mol. The summed E-state index contributed by atoms with van der Waals surface area (Å²) in [6.45, 7) is 4.23. The number of phenolic OH excluding ortho intramolecular Hbond substituents is 1. The molecule has 0 saturated carbocycles. The van der Waals surface area contributed by atoms with Crippen molar-refractivity contribution in [2.24, 2.45) is 0 Å². The van der Waals surface area contributed by atoms with Gasteiger partial charge in [0.15, 0.2) is 0 Å². The third-order valence-corrected chi connectivity index (χ3v) is 3.12. The Hall–Kier alpha value is -2.55. The molecule has 0 aliphatic carbocycles. The molecule has 0 aliphatic heterocycles. The third-order valence-electron chi connectivity index (χ3n) is 3.12. The summed E-state index contributed by atoms with van der Waals surface area (Å²) in [5.41, 5.74) is 2.75. The van der Waals surface area contributed by atoms with E-state index in [1.165, 1.54) is 11.6 Å². The first-order chi connectivity index (χ1) is 10.0. The Morgan fingerprint density at radius 1 is 1.14 bits per heavy atom. The van der Waals surface area contributed by atoms with Crippen LogP contribution in [-0.4, -0.2) is 11.0 Å². The molecule has 1 amide bonds. The number of aromatic hydroxyl groups is 1. The molecule has 2 N–H and O–H groups in total. The summed E-state index contributed by atoms with van der Waals surface area (Å²) in [4.78, 5) is 11.9. The molecule has 3 nitrogen and oxygen atoms in total. The number of hydrogen-bond acceptors (Lipinski definition) is 2. The molecule has 2 rings (SSSR count). The molecule has 108 valence electrons. The van der Waals surface area contributed by atoms with E-state index >= 15 is 0 Å². The lowest BCUT2D eigenvalue weighted by atomic mass is 10.0. The zero-order valence-electron chi connectivity index (χ0n) is 12.2. The van der Waals surface area contributed by atoms with Crippen molar-refractivity contribution in [3.8, 4) is 5.75 Å². The van der Waals surface area contributed by atoms with Crippen molar-refractivity contribution in [3.63, 3.8) is 0 Å². The van der Waals surface area contributed by atoms with Crippen LogP contribution in [0.1, 0.15) is 30.9 Å². The maximum Gasteiger partial charge on any atom is 0.248 e. The Labute approximate surface area is 124 Å². The summed E-state index contributed by atoms with van der Waals surface area (Å²) in [7, 11) is 0. The van der Waals surface area contributed by atoms with Gasteiger partial charge >= 0.3 is 0 Å². The molecule has 0 atom stereocenters. The second kappa shape index (κ2) is 6.75. The van der Waals surface area contributed by atoms with E-state index in [4.69, 9.17) is 0 Å². The van der Waals surface area contributed by atoms with Crippen molar-refractivity contribution in [1.29, 1.82) is 0 Å². The van der Waals surface area contributed by atoms with E-state index in [0.29, 0.717) is 5.92 Å². The number of carbonyl (C=O) groups is 1. The van der Waals surface area contributed by atoms with Crippen LogP contribution in [0, 0.1) is 0 Å². The Kier molecular flexibility index (Phi) is 4.77. The van der Waals surface area contributed by atoms with Crippen LogP contribution in [0.15, 0.2) is 54.6 Å². The second-order valence-corrected chi connectivity index (χ2v) is 5.20. The van der Waals surface area contributed by atoms with Crippen molar-refractivity contribution >= 4 is 17.7 Å². The van der Waals surface area contributed by atoms with Gasteiger partial charge in [-0.2, -0.15) is 0 Å². The minimum Gasteiger partial charge on any atom is -0.508 e. The Balaban J connectivity index is 2.03. The number of phenols is 1. The minimum atomic E-state index is -0.195. The van der Waals surface area contributed by atoms with Gasteiger partial charge in [-0.05, 0) is 47.4 Å². The van der Waals surface area contributed by atoms with E-state index in [1.54, 1.807) is 24.3 Å². The van der Waals surface area contributed by atoms with Gasteiger partial charge in [0.2, 0.25) is 5.91 Å². The third kappa shape index (κ3) is 4.49. The number of benzene rings is 2. The van der Waals surface area contributed by atoms with Crippen molar-refractivity contribution in [3.05, 3.63) is 65.7 Å². The van der Waals surface area contributed by atoms with Crippen LogP contribution < -0.4 is 5.32 Å². The highest BCUT2D eigenvalue weighted by Gasteiger charge is 2.02. The molecule has 2 aromatic rings. The Morgan fingerprint density at radius 3 is 2.62 bits per heavy atom. The van der Waals surface area contributed by atoms with Gasteiger partial charge in [-0.1, -0.05) is 38.1 Å². The van der Waals surface area contributed by atoms with Gasteiger partial charge in [0.25, 0.3) is 0 Å².